The highest BCUT2D eigenvalue weighted by molar-refractivity contribution is 5.96. The molecule has 0 heterocycles. The quantitative estimate of drug-likeness (QED) is 0.533. The molecule has 1 saturated carbocycles. The van der Waals surface area contributed by atoms with Gasteiger partial charge >= 0.3 is 5.97 Å². The average Bonchev–Trinajstić information content (AvgIpc) is 3.26. The third-order valence-corrected chi connectivity index (χ3v) is 4.99. The number of hydrazine groups is 1. The minimum Gasteiger partial charge on any atom is -0.493 e. The van der Waals surface area contributed by atoms with Crippen LogP contribution in [-0.4, -0.2) is 37.1 Å². The summed E-state index contributed by atoms with van der Waals surface area (Å²) in [5.41, 5.74) is 4.95. The first-order chi connectivity index (χ1) is 12.5. The lowest BCUT2D eigenvalue weighted by Gasteiger charge is -2.23. The Morgan fingerprint density at radius 3 is 2.27 bits per heavy atom. The van der Waals surface area contributed by atoms with Crippen LogP contribution < -0.4 is 20.3 Å². The van der Waals surface area contributed by atoms with Crippen molar-refractivity contribution >= 4 is 17.8 Å². The van der Waals surface area contributed by atoms with Crippen LogP contribution in [-0.2, 0) is 9.59 Å². The molecular formula is C18H20N2O6. The van der Waals surface area contributed by atoms with Gasteiger partial charge in [-0.25, -0.2) is 0 Å². The number of methoxy groups -OCH3 is 2. The molecule has 0 spiro atoms. The molecule has 0 aromatic heterocycles. The molecule has 26 heavy (non-hydrogen) atoms. The van der Waals surface area contributed by atoms with E-state index in [9.17, 15) is 19.5 Å². The normalized spacial score (nSPS) is 25.6. The smallest absolute Gasteiger partial charge is 0.307 e. The summed E-state index contributed by atoms with van der Waals surface area (Å²) in [5, 5.41) is 9.39. The van der Waals surface area contributed by atoms with Gasteiger partial charge in [0.05, 0.1) is 26.1 Å². The lowest BCUT2D eigenvalue weighted by Crippen LogP contribution is -2.48. The molecule has 0 saturated heterocycles. The maximum absolute atomic E-state index is 12.4. The minimum atomic E-state index is -0.992. The Morgan fingerprint density at radius 2 is 1.65 bits per heavy atom. The van der Waals surface area contributed by atoms with Gasteiger partial charge < -0.3 is 14.6 Å². The largest absolute Gasteiger partial charge is 0.493 e. The summed E-state index contributed by atoms with van der Waals surface area (Å²) in [6.45, 7) is 0. The van der Waals surface area contributed by atoms with E-state index < -0.39 is 29.6 Å². The lowest BCUT2D eigenvalue weighted by atomic mass is 9.82. The van der Waals surface area contributed by atoms with Gasteiger partial charge in [0.25, 0.3) is 5.91 Å². The second-order valence-corrected chi connectivity index (χ2v) is 6.35. The van der Waals surface area contributed by atoms with Gasteiger partial charge in [-0.15, -0.1) is 0 Å². The van der Waals surface area contributed by atoms with E-state index in [1.54, 1.807) is 6.07 Å². The Bertz CT molecular complexity index is 775. The van der Waals surface area contributed by atoms with Gasteiger partial charge in [-0.05, 0) is 36.5 Å². The number of carbonyl (C=O) groups is 3. The number of carboxylic acids is 1. The molecular weight excluding hydrogens is 340 g/mol. The summed E-state index contributed by atoms with van der Waals surface area (Å²) < 4.78 is 10.3. The van der Waals surface area contributed by atoms with E-state index in [1.165, 1.54) is 26.4 Å². The van der Waals surface area contributed by atoms with Crippen LogP contribution in [0, 0.1) is 23.7 Å². The molecule has 8 nitrogen and oxygen atoms in total. The summed E-state index contributed by atoms with van der Waals surface area (Å²) in [6.07, 6.45) is 4.39. The fourth-order valence-electron chi connectivity index (χ4n) is 3.77. The molecule has 2 amide bonds. The van der Waals surface area contributed by atoms with Gasteiger partial charge in [0.1, 0.15) is 0 Å². The number of rotatable bonds is 5. The minimum absolute atomic E-state index is 0.112. The van der Waals surface area contributed by atoms with Crippen molar-refractivity contribution in [1.82, 2.24) is 10.9 Å². The first kappa shape index (κ1) is 17.8. The van der Waals surface area contributed by atoms with Crippen molar-refractivity contribution in [1.29, 1.82) is 0 Å². The number of allylic oxidation sites excluding steroid dienone is 2. The predicted molar refractivity (Wildman–Crippen MR) is 90.5 cm³/mol. The lowest BCUT2D eigenvalue weighted by molar-refractivity contribution is -0.148. The van der Waals surface area contributed by atoms with Crippen molar-refractivity contribution in [3.63, 3.8) is 0 Å². The molecule has 4 unspecified atom stereocenters. The zero-order valence-electron chi connectivity index (χ0n) is 14.4. The zero-order valence-corrected chi connectivity index (χ0v) is 14.4. The van der Waals surface area contributed by atoms with Gasteiger partial charge in [0.15, 0.2) is 11.5 Å². The number of nitrogens with one attached hydrogen (secondary N) is 2. The number of hydrogen-bond acceptors (Lipinski definition) is 5. The van der Waals surface area contributed by atoms with Crippen LogP contribution in [0.2, 0.25) is 0 Å². The second kappa shape index (κ2) is 7.07. The van der Waals surface area contributed by atoms with Crippen molar-refractivity contribution in [3.8, 4) is 11.5 Å². The maximum Gasteiger partial charge on any atom is 0.307 e. The zero-order chi connectivity index (χ0) is 18.8. The molecule has 0 aliphatic heterocycles. The number of amides is 2. The van der Waals surface area contributed by atoms with Gasteiger partial charge in [-0.1, -0.05) is 12.2 Å². The third kappa shape index (κ3) is 3.10. The molecule has 1 aromatic carbocycles. The summed E-state index contributed by atoms with van der Waals surface area (Å²) >= 11 is 0. The fourth-order valence-corrected chi connectivity index (χ4v) is 3.77. The van der Waals surface area contributed by atoms with Crippen molar-refractivity contribution in [2.75, 3.05) is 14.2 Å². The van der Waals surface area contributed by atoms with E-state index in [2.05, 4.69) is 10.9 Å². The number of fused-ring (bicyclic) bond motifs is 2. The first-order valence-electron chi connectivity index (χ1n) is 8.19. The molecule has 3 N–H and O–H groups in total. The van der Waals surface area contributed by atoms with Crippen LogP contribution in [0.15, 0.2) is 30.4 Å². The van der Waals surface area contributed by atoms with Gasteiger partial charge in [-0.3, -0.25) is 25.2 Å². The fraction of sp³-hybridized carbons (Fsp3) is 0.389. The molecule has 2 aliphatic carbocycles. The molecule has 3 rings (SSSR count). The van der Waals surface area contributed by atoms with Crippen molar-refractivity contribution in [2.45, 2.75) is 6.42 Å². The Balaban J connectivity index is 1.65. The van der Waals surface area contributed by atoms with E-state index >= 15 is 0 Å². The number of benzene rings is 1. The Kier molecular flexibility index (Phi) is 4.83. The van der Waals surface area contributed by atoms with Crippen LogP contribution >= 0.6 is 0 Å². The van der Waals surface area contributed by atoms with Crippen LogP contribution in [0.25, 0.3) is 0 Å². The van der Waals surface area contributed by atoms with Gasteiger partial charge in [0, 0.05) is 5.56 Å². The van der Waals surface area contributed by atoms with E-state index in [-0.39, 0.29) is 17.4 Å². The summed E-state index contributed by atoms with van der Waals surface area (Å²) in [6, 6.07) is 4.60. The van der Waals surface area contributed by atoms with Crippen molar-refractivity contribution in [2.24, 2.45) is 23.7 Å². The second-order valence-electron chi connectivity index (χ2n) is 6.35. The van der Waals surface area contributed by atoms with Crippen LogP contribution in [0.3, 0.4) is 0 Å². The van der Waals surface area contributed by atoms with E-state index in [1.807, 2.05) is 12.2 Å². The Hall–Kier alpha value is -3.03. The van der Waals surface area contributed by atoms with Gasteiger partial charge in [-0.2, -0.15) is 0 Å². The van der Waals surface area contributed by atoms with Crippen LogP contribution in [0.4, 0.5) is 0 Å². The molecule has 138 valence electrons. The monoisotopic (exact) mass is 360 g/mol. The first-order valence-corrected chi connectivity index (χ1v) is 8.19. The average molecular weight is 360 g/mol. The molecule has 1 fully saturated rings. The number of aliphatic carboxylic acids is 1. The molecule has 0 radical (unpaired) electrons. The highest BCUT2D eigenvalue weighted by atomic mass is 16.5. The van der Waals surface area contributed by atoms with Crippen molar-refractivity contribution in [3.05, 3.63) is 35.9 Å². The molecule has 4 atom stereocenters. The number of carboxylic acid groups (broad SMARTS) is 1. The topological polar surface area (TPSA) is 114 Å². The molecule has 2 aliphatic rings. The third-order valence-electron chi connectivity index (χ3n) is 4.99. The van der Waals surface area contributed by atoms with E-state index in [0.29, 0.717) is 17.9 Å². The van der Waals surface area contributed by atoms with Crippen LogP contribution in [0.1, 0.15) is 16.8 Å². The summed E-state index contributed by atoms with van der Waals surface area (Å²) in [7, 11) is 2.94. The van der Waals surface area contributed by atoms with Crippen LogP contribution in [0.5, 0.6) is 11.5 Å². The Labute approximate surface area is 150 Å². The Morgan fingerprint density at radius 1 is 1.00 bits per heavy atom. The molecule has 2 bridgehead atoms. The number of carbonyl (C=O) groups excluding carboxylic acids is 2. The standard InChI is InChI=1S/C18H20N2O6/c1-25-12-6-5-11(8-13(12)26-2)16(21)19-20-17(22)14-9-3-4-10(7-9)15(14)18(23)24/h3-6,8-10,14-15H,7H2,1-2H3,(H,19,21)(H,20,22)(H,23,24). The maximum atomic E-state index is 12.4. The highest BCUT2D eigenvalue weighted by Gasteiger charge is 2.51. The van der Waals surface area contributed by atoms with Gasteiger partial charge in [0.2, 0.25) is 5.91 Å². The number of hydrogen-bond donors (Lipinski definition) is 3. The van der Waals surface area contributed by atoms with E-state index in [0.717, 1.165) is 0 Å². The molecule has 8 heteroatoms. The summed E-state index contributed by atoms with van der Waals surface area (Å²) in [5.74, 6) is -2.85. The SMILES string of the molecule is COc1ccc(C(=O)NNC(=O)C2C3C=CC(C3)C2C(=O)O)cc1OC. The van der Waals surface area contributed by atoms with E-state index in [4.69, 9.17) is 9.47 Å². The molecule has 1 aromatic rings. The predicted octanol–water partition coefficient (Wildman–Crippen LogP) is 0.988. The van der Waals surface area contributed by atoms with Crippen molar-refractivity contribution < 1.29 is 29.0 Å². The highest BCUT2D eigenvalue weighted by Crippen LogP contribution is 2.48. The number of ether oxygens (including phenoxy) is 2. The summed E-state index contributed by atoms with van der Waals surface area (Å²) in [4.78, 5) is 36.2.